The van der Waals surface area contributed by atoms with Gasteiger partial charge in [0.05, 0.1) is 17.4 Å². The zero-order chi connectivity index (χ0) is 31.0. The van der Waals surface area contributed by atoms with Gasteiger partial charge in [-0.2, -0.15) is 8.42 Å². The topological polar surface area (TPSA) is 142 Å². The van der Waals surface area contributed by atoms with Crippen LogP contribution in [-0.2, 0) is 14.3 Å². The summed E-state index contributed by atoms with van der Waals surface area (Å²) in [6.45, 7) is 11.3. The normalized spacial score (nSPS) is 12.9. The Labute approximate surface area is 242 Å². The number of aliphatic hydroxyl groups excluding tert-OH is 1. The molecule has 0 spiro atoms. The van der Waals surface area contributed by atoms with Crippen molar-refractivity contribution >= 4 is 22.1 Å². The fourth-order valence-corrected chi connectivity index (χ4v) is 4.14. The Kier molecular flexibility index (Phi) is 11.8. The van der Waals surface area contributed by atoms with Crippen molar-refractivity contribution in [1.82, 2.24) is 0 Å². The number of hydrogen-bond acceptors (Lipinski definition) is 9. The fourth-order valence-electron chi connectivity index (χ4n) is 3.53. The van der Waals surface area contributed by atoms with Crippen molar-refractivity contribution in [2.75, 3.05) is 12.9 Å². The monoisotopic (exact) mass is 585 g/mol. The van der Waals surface area contributed by atoms with Gasteiger partial charge in [-0.05, 0) is 68.1 Å². The van der Waals surface area contributed by atoms with E-state index in [4.69, 9.17) is 24.5 Å². The maximum absolute atomic E-state index is 13.0. The largest absolute Gasteiger partial charge is 0.419 e. The minimum atomic E-state index is -3.90. The first-order valence-electron chi connectivity index (χ1n) is 13.0. The quantitative estimate of drug-likeness (QED) is 0.209. The van der Waals surface area contributed by atoms with Gasteiger partial charge in [-0.3, -0.25) is 4.18 Å². The number of rotatable bonds is 8. The molecule has 0 saturated heterocycles. The lowest BCUT2D eigenvalue weighted by Gasteiger charge is -2.33. The van der Waals surface area contributed by atoms with Crippen molar-refractivity contribution in [1.29, 1.82) is 0 Å². The van der Waals surface area contributed by atoms with Crippen molar-refractivity contribution in [3.8, 4) is 11.5 Å². The molecule has 3 aromatic rings. The van der Waals surface area contributed by atoms with Gasteiger partial charge >= 0.3 is 11.9 Å². The summed E-state index contributed by atoms with van der Waals surface area (Å²) in [4.78, 5) is 25.8. The molecule has 41 heavy (non-hydrogen) atoms. The zero-order valence-corrected chi connectivity index (χ0v) is 25.3. The smallest absolute Gasteiger partial charge is 0.343 e. The van der Waals surface area contributed by atoms with Crippen molar-refractivity contribution < 1.29 is 36.8 Å². The van der Waals surface area contributed by atoms with E-state index in [0.717, 1.165) is 17.4 Å². The Hall–Kier alpha value is -3.57. The van der Waals surface area contributed by atoms with Crippen molar-refractivity contribution in [3.63, 3.8) is 0 Å². The number of esters is 2. The Bertz CT molecular complexity index is 1430. The van der Waals surface area contributed by atoms with E-state index >= 15 is 0 Å². The standard InChI is InChI=1S/C29H33NO7S.C2H6O/c1-18-7-11-20(12-8-18)27(31)35-23-16-15-22(25(37-38(6,33)34)26(30)29(3,4)5)17-24(23)36-28(32)21-13-9-19(2)10-14-21;1-2-3/h7-17,25-26H,30H2,1-6H3;3H,2H2,1H3. The van der Waals surface area contributed by atoms with E-state index in [-0.39, 0.29) is 23.7 Å². The van der Waals surface area contributed by atoms with Crippen LogP contribution in [0.1, 0.15) is 71.2 Å². The molecular weight excluding hydrogens is 546 g/mol. The first kappa shape index (κ1) is 33.6. The fraction of sp³-hybridized carbons (Fsp3) is 0.355. The number of hydrogen-bond donors (Lipinski definition) is 2. The Morgan fingerprint density at radius 2 is 1.24 bits per heavy atom. The van der Waals surface area contributed by atoms with E-state index in [1.165, 1.54) is 18.2 Å². The first-order valence-corrected chi connectivity index (χ1v) is 14.8. The maximum Gasteiger partial charge on any atom is 0.343 e. The summed E-state index contributed by atoms with van der Waals surface area (Å²) in [5, 5.41) is 7.57. The van der Waals surface area contributed by atoms with Crippen LogP contribution in [0.5, 0.6) is 11.5 Å². The van der Waals surface area contributed by atoms with Gasteiger partial charge in [0.15, 0.2) is 11.5 Å². The number of ether oxygens (including phenoxy) is 2. The van der Waals surface area contributed by atoms with Gasteiger partial charge in [0.1, 0.15) is 6.10 Å². The molecule has 10 heteroatoms. The summed E-state index contributed by atoms with van der Waals surface area (Å²) >= 11 is 0. The second-order valence-electron chi connectivity index (χ2n) is 10.6. The predicted octanol–water partition coefficient (Wildman–Crippen LogP) is 5.13. The lowest BCUT2D eigenvalue weighted by atomic mass is 9.82. The van der Waals surface area contributed by atoms with E-state index in [1.54, 1.807) is 55.5 Å². The number of carbonyl (C=O) groups excluding carboxylic acids is 2. The van der Waals surface area contributed by atoms with Crippen LogP contribution < -0.4 is 15.2 Å². The van der Waals surface area contributed by atoms with Crippen LogP contribution in [0.15, 0.2) is 66.7 Å². The van der Waals surface area contributed by atoms with Crippen LogP contribution in [0.4, 0.5) is 0 Å². The van der Waals surface area contributed by atoms with Crippen LogP contribution in [0.3, 0.4) is 0 Å². The lowest BCUT2D eigenvalue weighted by molar-refractivity contribution is 0.0681. The molecule has 0 aromatic heterocycles. The summed E-state index contributed by atoms with van der Waals surface area (Å²) in [5.74, 6) is -1.45. The average molecular weight is 586 g/mol. The lowest BCUT2D eigenvalue weighted by Crippen LogP contribution is -2.42. The van der Waals surface area contributed by atoms with Crippen LogP contribution in [0.25, 0.3) is 0 Å². The van der Waals surface area contributed by atoms with Crippen LogP contribution in [0.2, 0.25) is 0 Å². The van der Waals surface area contributed by atoms with E-state index in [1.807, 2.05) is 34.6 Å². The van der Waals surface area contributed by atoms with Gasteiger partial charge in [-0.15, -0.1) is 0 Å². The maximum atomic E-state index is 13.0. The molecule has 9 nitrogen and oxygen atoms in total. The Morgan fingerprint density at radius 1 is 0.829 bits per heavy atom. The third-order valence-electron chi connectivity index (χ3n) is 5.88. The number of aryl methyl sites for hydroxylation is 2. The van der Waals surface area contributed by atoms with Gasteiger partial charge < -0.3 is 20.3 Å². The molecule has 0 aliphatic heterocycles. The number of carbonyl (C=O) groups is 2. The molecule has 0 heterocycles. The van der Waals surface area contributed by atoms with E-state index in [0.29, 0.717) is 11.1 Å². The Morgan fingerprint density at radius 3 is 1.63 bits per heavy atom. The predicted molar refractivity (Wildman–Crippen MR) is 158 cm³/mol. The summed E-state index contributed by atoms with van der Waals surface area (Å²) in [7, 11) is -3.90. The van der Waals surface area contributed by atoms with Crippen molar-refractivity contribution in [3.05, 3.63) is 94.5 Å². The molecule has 3 N–H and O–H groups in total. The molecule has 0 radical (unpaired) electrons. The molecule has 222 valence electrons. The van der Waals surface area contributed by atoms with Crippen molar-refractivity contribution in [2.24, 2.45) is 11.1 Å². The number of aliphatic hydroxyl groups is 1. The van der Waals surface area contributed by atoms with Gasteiger partial charge in [-0.25, -0.2) is 9.59 Å². The molecule has 3 aromatic carbocycles. The molecule has 2 unspecified atom stereocenters. The second kappa shape index (κ2) is 14.4. The van der Waals surface area contributed by atoms with Gasteiger partial charge in [-0.1, -0.05) is 62.2 Å². The SMILES string of the molecule is CCO.Cc1ccc(C(=O)Oc2ccc(C(OS(C)(=O)=O)C(N)C(C)(C)C)cc2OC(=O)c2ccc(C)cc2)cc1. The van der Waals surface area contributed by atoms with Gasteiger partial charge in [0, 0.05) is 12.6 Å². The molecule has 2 atom stereocenters. The highest BCUT2D eigenvalue weighted by Gasteiger charge is 2.34. The average Bonchev–Trinajstić information content (AvgIpc) is 2.88. The van der Waals surface area contributed by atoms with Crippen molar-refractivity contribution in [2.45, 2.75) is 53.7 Å². The molecule has 0 amide bonds. The molecule has 0 aliphatic carbocycles. The van der Waals surface area contributed by atoms with E-state index in [2.05, 4.69) is 0 Å². The highest BCUT2D eigenvalue weighted by molar-refractivity contribution is 7.86. The minimum absolute atomic E-state index is 0.0257. The summed E-state index contributed by atoms with van der Waals surface area (Å²) in [5.41, 5.74) is 8.75. The Balaban J connectivity index is 0.00000187. The molecule has 3 rings (SSSR count). The molecular formula is C31H39NO8S. The van der Waals surface area contributed by atoms with E-state index < -0.39 is 39.6 Å². The summed E-state index contributed by atoms with van der Waals surface area (Å²) in [6.07, 6.45) is -0.158. The van der Waals surface area contributed by atoms with Crippen LogP contribution >= 0.6 is 0 Å². The highest BCUT2D eigenvalue weighted by Crippen LogP contribution is 2.37. The minimum Gasteiger partial charge on any atom is -0.419 e. The molecule has 0 bridgehead atoms. The molecule has 0 aliphatic rings. The van der Waals surface area contributed by atoms with Crippen LogP contribution in [-0.4, -0.2) is 44.4 Å². The molecule has 0 fully saturated rings. The first-order chi connectivity index (χ1) is 19.1. The summed E-state index contributed by atoms with van der Waals surface area (Å²) in [6, 6.07) is 17.2. The highest BCUT2D eigenvalue weighted by atomic mass is 32.2. The summed E-state index contributed by atoms with van der Waals surface area (Å²) < 4.78 is 40.8. The van der Waals surface area contributed by atoms with E-state index in [9.17, 15) is 18.0 Å². The second-order valence-corrected chi connectivity index (χ2v) is 12.2. The molecule has 0 saturated carbocycles. The number of nitrogens with two attached hydrogens (primary N) is 1. The van der Waals surface area contributed by atoms with Gasteiger partial charge in [0.2, 0.25) is 0 Å². The zero-order valence-electron chi connectivity index (χ0n) is 24.5. The third kappa shape index (κ3) is 10.4. The van der Waals surface area contributed by atoms with Crippen LogP contribution in [0, 0.1) is 19.3 Å². The third-order valence-corrected chi connectivity index (χ3v) is 6.44. The van der Waals surface area contributed by atoms with Gasteiger partial charge in [0.25, 0.3) is 10.1 Å². The number of benzene rings is 3.